The molecule has 190 valence electrons. The molecule has 5 rings (SSSR count). The van der Waals surface area contributed by atoms with E-state index in [9.17, 15) is 14.0 Å². The van der Waals surface area contributed by atoms with Crippen molar-refractivity contribution >= 4 is 23.6 Å². The molecule has 0 unspecified atom stereocenters. The zero-order valence-corrected chi connectivity index (χ0v) is 20.7. The summed E-state index contributed by atoms with van der Waals surface area (Å²) in [6, 6.07) is 27.9. The number of carbonyl (C=O) groups excluding carboxylic acids is 2. The van der Waals surface area contributed by atoms with E-state index >= 15 is 0 Å². The van der Waals surface area contributed by atoms with E-state index in [2.05, 4.69) is 5.32 Å². The molecular weight excluding hydrogens is 483 g/mol. The van der Waals surface area contributed by atoms with Crippen LogP contribution >= 0.6 is 0 Å². The van der Waals surface area contributed by atoms with Crippen molar-refractivity contribution in [3.63, 3.8) is 0 Å². The lowest BCUT2D eigenvalue weighted by Gasteiger charge is -2.30. The van der Waals surface area contributed by atoms with Crippen LogP contribution in [0.2, 0.25) is 0 Å². The van der Waals surface area contributed by atoms with Crippen LogP contribution in [0.25, 0.3) is 6.08 Å². The standard InChI is InChI=1S/C31H25FN2O4/c1-37-27-12-6-3-8-23(27)19-33-30(35)22-16-14-21(15-17-22)18-29-31(36)34(20-24-9-2-4-10-25(24)32)26-11-5-7-13-28(26)38-29/h2-18H,19-20H2,1H3,(H,33,35). The summed E-state index contributed by atoms with van der Waals surface area (Å²) >= 11 is 0. The molecule has 1 aliphatic rings. The third kappa shape index (κ3) is 5.27. The van der Waals surface area contributed by atoms with Gasteiger partial charge in [0.15, 0.2) is 11.5 Å². The van der Waals surface area contributed by atoms with Crippen molar-refractivity contribution in [3.8, 4) is 11.5 Å². The van der Waals surface area contributed by atoms with Crippen molar-refractivity contribution in [2.24, 2.45) is 0 Å². The number of nitrogens with one attached hydrogen (secondary N) is 1. The Morgan fingerprint density at radius 1 is 0.921 bits per heavy atom. The van der Waals surface area contributed by atoms with Gasteiger partial charge in [-0.15, -0.1) is 0 Å². The quantitative estimate of drug-likeness (QED) is 0.324. The van der Waals surface area contributed by atoms with Gasteiger partial charge in [0.2, 0.25) is 0 Å². The monoisotopic (exact) mass is 508 g/mol. The van der Waals surface area contributed by atoms with E-state index < -0.39 is 0 Å². The summed E-state index contributed by atoms with van der Waals surface area (Å²) in [4.78, 5) is 27.6. The van der Waals surface area contributed by atoms with Gasteiger partial charge < -0.3 is 14.8 Å². The van der Waals surface area contributed by atoms with Gasteiger partial charge in [0, 0.05) is 23.2 Å². The Kier molecular flexibility index (Phi) is 7.17. The number of benzene rings is 4. The first-order valence-electron chi connectivity index (χ1n) is 12.1. The van der Waals surface area contributed by atoms with Crippen LogP contribution in [0.3, 0.4) is 0 Å². The molecule has 0 aromatic heterocycles. The van der Waals surface area contributed by atoms with E-state index in [1.807, 2.05) is 30.3 Å². The fourth-order valence-corrected chi connectivity index (χ4v) is 4.22. The first kappa shape index (κ1) is 24.8. The molecule has 4 aromatic rings. The Hall–Kier alpha value is -4.91. The minimum Gasteiger partial charge on any atom is -0.496 e. The van der Waals surface area contributed by atoms with Crippen LogP contribution in [0, 0.1) is 5.82 Å². The fraction of sp³-hybridized carbons (Fsp3) is 0.0968. The molecule has 0 fully saturated rings. The highest BCUT2D eigenvalue weighted by molar-refractivity contribution is 6.09. The van der Waals surface area contributed by atoms with E-state index in [4.69, 9.17) is 9.47 Å². The topological polar surface area (TPSA) is 67.9 Å². The Bertz CT molecular complexity index is 1510. The van der Waals surface area contributed by atoms with Crippen LogP contribution in [0.5, 0.6) is 11.5 Å². The van der Waals surface area contributed by atoms with E-state index in [0.717, 1.165) is 5.56 Å². The first-order valence-corrected chi connectivity index (χ1v) is 12.1. The summed E-state index contributed by atoms with van der Waals surface area (Å²) in [5, 5.41) is 2.89. The first-order chi connectivity index (χ1) is 18.5. The van der Waals surface area contributed by atoms with Crippen molar-refractivity contribution in [2.75, 3.05) is 12.0 Å². The number of hydrogen-bond acceptors (Lipinski definition) is 4. The van der Waals surface area contributed by atoms with Crippen molar-refractivity contribution in [1.82, 2.24) is 5.32 Å². The lowest BCUT2D eigenvalue weighted by Crippen LogP contribution is -2.37. The SMILES string of the molecule is COc1ccccc1CNC(=O)c1ccc(C=C2Oc3ccccc3N(Cc3ccccc3F)C2=O)cc1. The number of carbonyl (C=O) groups is 2. The third-order valence-electron chi connectivity index (χ3n) is 6.22. The Balaban J connectivity index is 1.34. The van der Waals surface area contributed by atoms with Crippen molar-refractivity contribution in [3.05, 3.63) is 131 Å². The second-order valence-electron chi connectivity index (χ2n) is 8.68. The number of para-hydroxylation sites is 3. The van der Waals surface area contributed by atoms with Gasteiger partial charge in [0.05, 0.1) is 19.3 Å². The average molecular weight is 509 g/mol. The van der Waals surface area contributed by atoms with Crippen LogP contribution in [0.4, 0.5) is 10.1 Å². The van der Waals surface area contributed by atoms with Crippen LogP contribution in [0.1, 0.15) is 27.0 Å². The van der Waals surface area contributed by atoms with Gasteiger partial charge in [-0.25, -0.2) is 4.39 Å². The zero-order chi connectivity index (χ0) is 26.5. The molecule has 1 heterocycles. The molecule has 1 N–H and O–H groups in total. The fourth-order valence-electron chi connectivity index (χ4n) is 4.22. The molecule has 7 heteroatoms. The van der Waals surface area contributed by atoms with Gasteiger partial charge in [0.25, 0.3) is 11.8 Å². The number of fused-ring (bicyclic) bond motifs is 1. The number of halogens is 1. The maximum atomic E-state index is 14.4. The summed E-state index contributed by atoms with van der Waals surface area (Å²) in [6.45, 7) is 0.392. The Labute approximate surface area is 219 Å². The molecule has 0 atom stereocenters. The summed E-state index contributed by atoms with van der Waals surface area (Å²) in [7, 11) is 1.59. The highest BCUT2D eigenvalue weighted by atomic mass is 19.1. The maximum Gasteiger partial charge on any atom is 0.294 e. The number of nitrogens with zero attached hydrogens (tertiary/aromatic N) is 1. The molecule has 38 heavy (non-hydrogen) atoms. The smallest absolute Gasteiger partial charge is 0.294 e. The number of methoxy groups -OCH3 is 1. The average Bonchev–Trinajstić information content (AvgIpc) is 2.95. The second-order valence-corrected chi connectivity index (χ2v) is 8.68. The number of amides is 2. The molecule has 4 aromatic carbocycles. The molecule has 2 amide bonds. The van der Waals surface area contributed by atoms with Crippen molar-refractivity contribution in [1.29, 1.82) is 0 Å². The number of ether oxygens (including phenoxy) is 2. The van der Waals surface area contributed by atoms with Gasteiger partial charge in [-0.2, -0.15) is 0 Å². The minimum absolute atomic E-state index is 0.0640. The number of anilines is 1. The van der Waals surface area contributed by atoms with E-state index in [1.54, 1.807) is 73.8 Å². The van der Waals surface area contributed by atoms with Gasteiger partial charge in [0.1, 0.15) is 11.6 Å². The maximum absolute atomic E-state index is 14.4. The third-order valence-corrected chi connectivity index (χ3v) is 6.22. The lowest BCUT2D eigenvalue weighted by molar-refractivity contribution is -0.117. The van der Waals surface area contributed by atoms with Gasteiger partial charge >= 0.3 is 0 Å². The lowest BCUT2D eigenvalue weighted by atomic mass is 10.1. The number of rotatable bonds is 7. The van der Waals surface area contributed by atoms with Crippen LogP contribution in [-0.4, -0.2) is 18.9 Å². The summed E-state index contributed by atoms with van der Waals surface area (Å²) < 4.78 is 25.6. The predicted molar refractivity (Wildman–Crippen MR) is 143 cm³/mol. The Morgan fingerprint density at radius 2 is 1.61 bits per heavy atom. The van der Waals surface area contributed by atoms with E-state index in [-0.39, 0.29) is 29.9 Å². The van der Waals surface area contributed by atoms with Crippen molar-refractivity contribution < 1.29 is 23.5 Å². The largest absolute Gasteiger partial charge is 0.496 e. The van der Waals surface area contributed by atoms with Crippen LogP contribution < -0.4 is 19.7 Å². The summed E-state index contributed by atoms with van der Waals surface area (Å²) in [6.07, 6.45) is 1.61. The van der Waals surface area contributed by atoms with Gasteiger partial charge in [-0.05, 0) is 48.0 Å². The highest BCUT2D eigenvalue weighted by Gasteiger charge is 2.30. The molecule has 6 nitrogen and oxygen atoms in total. The predicted octanol–water partition coefficient (Wildman–Crippen LogP) is 5.73. The van der Waals surface area contributed by atoms with Crippen LogP contribution in [0.15, 0.2) is 103 Å². The molecule has 0 saturated heterocycles. The van der Waals surface area contributed by atoms with Crippen molar-refractivity contribution in [2.45, 2.75) is 13.1 Å². The zero-order valence-electron chi connectivity index (χ0n) is 20.7. The molecule has 0 saturated carbocycles. The van der Waals surface area contributed by atoms with Gasteiger partial charge in [-0.1, -0.05) is 60.7 Å². The number of hydrogen-bond donors (Lipinski definition) is 1. The van der Waals surface area contributed by atoms with Crippen LogP contribution in [-0.2, 0) is 17.9 Å². The molecule has 1 aliphatic heterocycles. The molecular formula is C31H25FN2O4. The minimum atomic E-state index is -0.384. The normalized spacial score (nSPS) is 13.6. The van der Waals surface area contributed by atoms with Gasteiger partial charge in [-0.3, -0.25) is 14.5 Å². The molecule has 0 bridgehead atoms. The molecule has 0 spiro atoms. The molecule has 0 radical (unpaired) electrons. The summed E-state index contributed by atoms with van der Waals surface area (Å²) in [5.41, 5.74) is 3.00. The van der Waals surface area contributed by atoms with E-state index in [0.29, 0.717) is 40.4 Å². The Morgan fingerprint density at radius 3 is 2.37 bits per heavy atom. The molecule has 0 aliphatic carbocycles. The van der Waals surface area contributed by atoms with E-state index in [1.165, 1.54) is 11.0 Å². The second kappa shape index (κ2) is 11.0. The summed E-state index contributed by atoms with van der Waals surface area (Å²) in [5.74, 6) is 0.318. The highest BCUT2D eigenvalue weighted by Crippen LogP contribution is 2.36.